The van der Waals surface area contributed by atoms with Crippen LogP contribution in [0.5, 0.6) is 6.01 Å². The summed E-state index contributed by atoms with van der Waals surface area (Å²) in [6.45, 7) is 3.41. The van der Waals surface area contributed by atoms with E-state index in [-0.39, 0.29) is 23.5 Å². The standard InChI is InChI=1S/C11H19N5O3S/c1-2-6-19-11-14-9(12)13-10(15-11)16-4-3-7-20(17,18)8-5-16/h2-8H2,1H3,(H2,12,13,14,15). The first kappa shape index (κ1) is 14.8. The first-order chi connectivity index (χ1) is 9.50. The molecule has 1 fully saturated rings. The van der Waals surface area contributed by atoms with E-state index < -0.39 is 9.84 Å². The van der Waals surface area contributed by atoms with Gasteiger partial charge in [0.1, 0.15) is 0 Å². The zero-order valence-corrected chi connectivity index (χ0v) is 12.3. The Balaban J connectivity index is 2.17. The number of nitrogens with zero attached hydrogens (tertiary/aromatic N) is 4. The molecule has 0 amide bonds. The first-order valence-electron chi connectivity index (χ1n) is 6.60. The van der Waals surface area contributed by atoms with Crippen molar-refractivity contribution in [3.8, 4) is 6.01 Å². The zero-order chi connectivity index (χ0) is 14.6. The molecule has 9 heteroatoms. The summed E-state index contributed by atoms with van der Waals surface area (Å²) < 4.78 is 28.5. The van der Waals surface area contributed by atoms with E-state index >= 15 is 0 Å². The Labute approximate surface area is 118 Å². The monoisotopic (exact) mass is 301 g/mol. The van der Waals surface area contributed by atoms with Crippen molar-refractivity contribution < 1.29 is 13.2 Å². The first-order valence-corrected chi connectivity index (χ1v) is 8.42. The molecular formula is C11H19N5O3S. The largest absolute Gasteiger partial charge is 0.463 e. The van der Waals surface area contributed by atoms with Crippen molar-refractivity contribution in [2.24, 2.45) is 0 Å². The molecule has 1 saturated heterocycles. The van der Waals surface area contributed by atoms with Crippen molar-refractivity contribution in [3.63, 3.8) is 0 Å². The lowest BCUT2D eigenvalue weighted by molar-refractivity contribution is 0.292. The van der Waals surface area contributed by atoms with Crippen LogP contribution in [0.1, 0.15) is 19.8 Å². The van der Waals surface area contributed by atoms with Gasteiger partial charge in [0.25, 0.3) is 0 Å². The zero-order valence-electron chi connectivity index (χ0n) is 11.4. The molecule has 2 rings (SSSR count). The van der Waals surface area contributed by atoms with E-state index in [0.29, 0.717) is 32.1 Å². The van der Waals surface area contributed by atoms with E-state index in [9.17, 15) is 8.42 Å². The third kappa shape index (κ3) is 3.92. The van der Waals surface area contributed by atoms with Gasteiger partial charge in [0.05, 0.1) is 18.1 Å². The number of ether oxygens (including phenoxy) is 1. The van der Waals surface area contributed by atoms with Crippen LogP contribution in [0.2, 0.25) is 0 Å². The Kier molecular flexibility index (Phi) is 4.58. The van der Waals surface area contributed by atoms with Crippen LogP contribution in [0.15, 0.2) is 0 Å². The van der Waals surface area contributed by atoms with Gasteiger partial charge in [0.2, 0.25) is 11.9 Å². The summed E-state index contributed by atoms with van der Waals surface area (Å²) in [5.41, 5.74) is 5.64. The number of sulfone groups is 1. The number of nitrogens with two attached hydrogens (primary N) is 1. The predicted octanol–water partition coefficient (Wildman–Crippen LogP) is -0.132. The Morgan fingerprint density at radius 2 is 2.05 bits per heavy atom. The maximum absolute atomic E-state index is 11.6. The van der Waals surface area contributed by atoms with Crippen LogP contribution < -0.4 is 15.4 Å². The van der Waals surface area contributed by atoms with Crippen LogP contribution in [-0.4, -0.2) is 54.6 Å². The summed E-state index contributed by atoms with van der Waals surface area (Å²) in [5.74, 6) is 0.751. The van der Waals surface area contributed by atoms with Crippen molar-refractivity contribution >= 4 is 21.7 Å². The third-order valence-corrected chi connectivity index (χ3v) is 4.61. The molecule has 20 heavy (non-hydrogen) atoms. The van der Waals surface area contributed by atoms with Gasteiger partial charge in [-0.2, -0.15) is 15.0 Å². The van der Waals surface area contributed by atoms with Gasteiger partial charge in [0, 0.05) is 13.1 Å². The average molecular weight is 301 g/mol. The summed E-state index contributed by atoms with van der Waals surface area (Å²) in [4.78, 5) is 14.0. The van der Waals surface area contributed by atoms with Gasteiger partial charge >= 0.3 is 6.01 Å². The Morgan fingerprint density at radius 1 is 1.25 bits per heavy atom. The fourth-order valence-corrected chi connectivity index (χ4v) is 3.17. The minimum atomic E-state index is -2.97. The van der Waals surface area contributed by atoms with Gasteiger partial charge < -0.3 is 15.4 Å². The van der Waals surface area contributed by atoms with E-state index in [4.69, 9.17) is 10.5 Å². The molecule has 8 nitrogen and oxygen atoms in total. The van der Waals surface area contributed by atoms with Crippen molar-refractivity contribution in [1.29, 1.82) is 0 Å². The van der Waals surface area contributed by atoms with Gasteiger partial charge in [-0.25, -0.2) is 8.42 Å². The van der Waals surface area contributed by atoms with E-state index in [0.717, 1.165) is 6.42 Å². The second-order valence-electron chi connectivity index (χ2n) is 4.62. The van der Waals surface area contributed by atoms with Gasteiger partial charge in [-0.1, -0.05) is 6.92 Å². The third-order valence-electron chi connectivity index (χ3n) is 2.89. The van der Waals surface area contributed by atoms with E-state index in [1.165, 1.54) is 0 Å². The highest BCUT2D eigenvalue weighted by atomic mass is 32.2. The Hall–Kier alpha value is -1.64. The summed E-state index contributed by atoms with van der Waals surface area (Å²) >= 11 is 0. The van der Waals surface area contributed by atoms with Gasteiger partial charge in [0.15, 0.2) is 9.84 Å². The molecule has 2 N–H and O–H groups in total. The van der Waals surface area contributed by atoms with E-state index in [1.54, 1.807) is 4.90 Å². The van der Waals surface area contributed by atoms with Crippen molar-refractivity contribution in [1.82, 2.24) is 15.0 Å². The molecular weight excluding hydrogens is 282 g/mol. The summed E-state index contributed by atoms with van der Waals surface area (Å²) in [5, 5.41) is 0. The topological polar surface area (TPSA) is 111 Å². The SMILES string of the molecule is CCCOc1nc(N)nc(N2CCCS(=O)(=O)CC2)n1. The maximum Gasteiger partial charge on any atom is 0.323 e. The summed E-state index contributed by atoms with van der Waals surface area (Å²) in [7, 11) is -2.97. The highest BCUT2D eigenvalue weighted by Crippen LogP contribution is 2.16. The molecule has 0 aromatic carbocycles. The van der Waals surface area contributed by atoms with Crippen LogP contribution in [0.25, 0.3) is 0 Å². The molecule has 1 aromatic heterocycles. The molecule has 0 aliphatic carbocycles. The van der Waals surface area contributed by atoms with Gasteiger partial charge in [-0.05, 0) is 12.8 Å². The summed E-state index contributed by atoms with van der Waals surface area (Å²) in [6.07, 6.45) is 1.39. The molecule has 0 spiro atoms. The molecule has 0 atom stereocenters. The number of rotatable bonds is 4. The number of hydrogen-bond acceptors (Lipinski definition) is 8. The van der Waals surface area contributed by atoms with E-state index in [2.05, 4.69) is 15.0 Å². The van der Waals surface area contributed by atoms with Crippen molar-refractivity contribution in [2.75, 3.05) is 41.8 Å². The second-order valence-corrected chi connectivity index (χ2v) is 6.92. The number of aromatic nitrogens is 3. The quantitative estimate of drug-likeness (QED) is 0.818. The van der Waals surface area contributed by atoms with Crippen LogP contribution >= 0.6 is 0 Å². The second kappa shape index (κ2) is 6.21. The minimum absolute atomic E-state index is 0.0770. The molecule has 0 unspecified atom stereocenters. The highest BCUT2D eigenvalue weighted by molar-refractivity contribution is 7.91. The fourth-order valence-electron chi connectivity index (χ4n) is 1.90. The smallest absolute Gasteiger partial charge is 0.323 e. The Bertz CT molecular complexity index is 563. The molecule has 0 bridgehead atoms. The maximum atomic E-state index is 11.6. The fraction of sp³-hybridized carbons (Fsp3) is 0.727. The normalized spacial score (nSPS) is 18.6. The van der Waals surface area contributed by atoms with Gasteiger partial charge in [-0.15, -0.1) is 0 Å². The molecule has 1 aromatic rings. The van der Waals surface area contributed by atoms with Gasteiger partial charge in [-0.3, -0.25) is 0 Å². The van der Waals surface area contributed by atoms with Crippen LogP contribution in [0, 0.1) is 0 Å². The summed E-state index contributed by atoms with van der Waals surface area (Å²) in [6, 6.07) is 0.182. The number of anilines is 2. The number of nitrogen functional groups attached to an aromatic ring is 1. The molecule has 112 valence electrons. The predicted molar refractivity (Wildman–Crippen MR) is 75.5 cm³/mol. The molecule has 2 heterocycles. The van der Waals surface area contributed by atoms with Crippen LogP contribution in [-0.2, 0) is 9.84 Å². The highest BCUT2D eigenvalue weighted by Gasteiger charge is 2.21. The molecule has 1 aliphatic rings. The Morgan fingerprint density at radius 3 is 2.80 bits per heavy atom. The van der Waals surface area contributed by atoms with Crippen LogP contribution in [0.3, 0.4) is 0 Å². The molecule has 1 aliphatic heterocycles. The minimum Gasteiger partial charge on any atom is -0.463 e. The van der Waals surface area contributed by atoms with Crippen molar-refractivity contribution in [2.45, 2.75) is 19.8 Å². The van der Waals surface area contributed by atoms with Crippen LogP contribution in [0.4, 0.5) is 11.9 Å². The lowest BCUT2D eigenvalue weighted by Crippen LogP contribution is -2.29. The van der Waals surface area contributed by atoms with Crippen molar-refractivity contribution in [3.05, 3.63) is 0 Å². The number of hydrogen-bond donors (Lipinski definition) is 1. The average Bonchev–Trinajstić information content (AvgIpc) is 2.57. The lowest BCUT2D eigenvalue weighted by atomic mass is 10.4. The molecule has 0 saturated carbocycles. The van der Waals surface area contributed by atoms with E-state index in [1.807, 2.05) is 6.92 Å². The molecule has 0 radical (unpaired) electrons. The lowest BCUT2D eigenvalue weighted by Gasteiger charge is -2.19.